The number of halogens is 1. The number of benzene rings is 2. The minimum atomic E-state index is -3.16. The molecule has 24 heavy (non-hydrogen) atoms. The van der Waals surface area contributed by atoms with Crippen molar-refractivity contribution >= 4 is 43.6 Å². The smallest absolute Gasteiger partial charge is 0.175 e. The average Bonchev–Trinajstić information content (AvgIpc) is 3.19. The Labute approximate surface area is 156 Å². The van der Waals surface area contributed by atoms with E-state index in [9.17, 15) is 8.42 Å². The van der Waals surface area contributed by atoms with Gasteiger partial charge in [0, 0.05) is 15.2 Å². The van der Waals surface area contributed by atoms with Gasteiger partial charge in [-0.05, 0) is 82.0 Å². The van der Waals surface area contributed by atoms with Crippen LogP contribution in [0.25, 0.3) is 11.1 Å². The molecule has 0 aliphatic heterocycles. The molecular formula is C20H17IO2S. The molecule has 0 saturated heterocycles. The second-order valence-corrected chi connectivity index (χ2v) is 9.91. The van der Waals surface area contributed by atoms with Crippen LogP contribution >= 0.6 is 22.6 Å². The van der Waals surface area contributed by atoms with Crippen LogP contribution in [0.4, 0.5) is 0 Å². The summed E-state index contributed by atoms with van der Waals surface area (Å²) in [6.45, 7) is 0. The van der Waals surface area contributed by atoms with Gasteiger partial charge in [0.05, 0.1) is 4.90 Å². The minimum absolute atomic E-state index is 0.225. The summed E-state index contributed by atoms with van der Waals surface area (Å²) in [5.41, 5.74) is 5.00. The second kappa shape index (κ2) is 5.56. The van der Waals surface area contributed by atoms with Crippen LogP contribution in [0.15, 0.2) is 65.6 Å². The van der Waals surface area contributed by atoms with Crippen LogP contribution in [0, 0.1) is 8.99 Å². The number of hydrogen-bond donors (Lipinski definition) is 0. The summed E-state index contributed by atoms with van der Waals surface area (Å²) in [6.07, 6.45) is 8.38. The molecule has 1 saturated carbocycles. The minimum Gasteiger partial charge on any atom is -0.224 e. The first-order valence-electron chi connectivity index (χ1n) is 7.89. The van der Waals surface area contributed by atoms with Gasteiger partial charge >= 0.3 is 0 Å². The van der Waals surface area contributed by atoms with Crippen LogP contribution in [0.1, 0.15) is 24.0 Å². The fourth-order valence-corrected chi connectivity index (χ4v) is 4.18. The highest BCUT2D eigenvalue weighted by Gasteiger charge is 2.43. The van der Waals surface area contributed by atoms with Crippen LogP contribution in [0.5, 0.6) is 0 Å². The molecule has 2 nitrogen and oxygen atoms in total. The lowest BCUT2D eigenvalue weighted by molar-refractivity contribution is 0.602. The van der Waals surface area contributed by atoms with Crippen molar-refractivity contribution < 1.29 is 8.42 Å². The molecule has 0 bridgehead atoms. The molecule has 4 heteroatoms. The predicted octanol–water partition coefficient (Wildman–Crippen LogP) is 4.96. The summed E-state index contributed by atoms with van der Waals surface area (Å²) >= 11 is 2.32. The van der Waals surface area contributed by atoms with Gasteiger partial charge in [0.25, 0.3) is 0 Å². The highest BCUT2D eigenvalue weighted by Crippen LogP contribution is 2.57. The second-order valence-electron chi connectivity index (χ2n) is 6.65. The Morgan fingerprint density at radius 3 is 1.71 bits per heavy atom. The Morgan fingerprint density at radius 2 is 1.29 bits per heavy atom. The van der Waals surface area contributed by atoms with Crippen LogP contribution in [0.2, 0.25) is 0 Å². The number of rotatable bonds is 3. The van der Waals surface area contributed by atoms with E-state index in [1.807, 2.05) is 12.1 Å². The summed E-state index contributed by atoms with van der Waals surface area (Å²) in [5.74, 6) is 0. The molecule has 122 valence electrons. The van der Waals surface area contributed by atoms with E-state index in [4.69, 9.17) is 0 Å². The molecule has 0 radical (unpaired) electrons. The normalized spacial score (nSPS) is 18.4. The first-order valence-corrected chi connectivity index (χ1v) is 10.9. The third kappa shape index (κ3) is 2.97. The maximum absolute atomic E-state index is 11.7. The van der Waals surface area contributed by atoms with Gasteiger partial charge in [-0.25, -0.2) is 8.42 Å². The predicted molar refractivity (Wildman–Crippen MR) is 106 cm³/mol. The number of hydrogen-bond acceptors (Lipinski definition) is 2. The Bertz CT molecular complexity index is 961. The Hall–Kier alpha value is -1.40. The quantitative estimate of drug-likeness (QED) is 0.623. The van der Waals surface area contributed by atoms with Crippen molar-refractivity contribution in [1.82, 2.24) is 0 Å². The van der Waals surface area contributed by atoms with Gasteiger partial charge in [-0.2, -0.15) is 0 Å². The van der Waals surface area contributed by atoms with Crippen molar-refractivity contribution in [3.05, 3.63) is 75.4 Å². The van der Waals surface area contributed by atoms with Crippen LogP contribution in [-0.4, -0.2) is 14.7 Å². The summed E-state index contributed by atoms with van der Waals surface area (Å²) in [6, 6.07) is 15.8. The van der Waals surface area contributed by atoms with E-state index in [0.717, 1.165) is 5.56 Å². The molecule has 0 amide bonds. The van der Waals surface area contributed by atoms with Gasteiger partial charge in [0.1, 0.15) is 0 Å². The molecule has 2 aromatic carbocycles. The maximum Gasteiger partial charge on any atom is 0.175 e. The van der Waals surface area contributed by atoms with Crippen LogP contribution in [-0.2, 0) is 9.84 Å². The van der Waals surface area contributed by atoms with Gasteiger partial charge in [-0.1, -0.05) is 36.4 Å². The molecule has 2 aliphatic rings. The van der Waals surface area contributed by atoms with Gasteiger partial charge < -0.3 is 0 Å². The van der Waals surface area contributed by atoms with E-state index in [0.29, 0.717) is 4.90 Å². The molecule has 2 aliphatic carbocycles. The molecule has 0 unspecified atom stereocenters. The maximum atomic E-state index is 11.7. The van der Waals surface area contributed by atoms with E-state index in [1.54, 1.807) is 12.1 Å². The fourth-order valence-electron chi connectivity index (χ4n) is 3.19. The highest BCUT2D eigenvalue weighted by atomic mass is 127. The Balaban J connectivity index is 1.76. The van der Waals surface area contributed by atoms with E-state index in [1.165, 1.54) is 39.4 Å². The summed E-state index contributed by atoms with van der Waals surface area (Å²) in [4.78, 5) is 0.366. The summed E-state index contributed by atoms with van der Waals surface area (Å²) in [5, 5.41) is 0. The SMILES string of the molecule is CS(=O)(=O)c1ccc(C2=CC3(C=C2c2ccc(I)cc2)CC3)cc1. The standard InChI is InChI=1S/C20H17IO2S/c1-24(22,23)17-8-4-15(5-9-17)19-13-20(10-11-20)12-18(19)14-2-6-16(21)7-3-14/h2-9,12-13H,10-11H2,1H3. The zero-order valence-electron chi connectivity index (χ0n) is 13.3. The molecule has 4 rings (SSSR count). The van der Waals surface area contributed by atoms with E-state index >= 15 is 0 Å². The monoisotopic (exact) mass is 448 g/mol. The highest BCUT2D eigenvalue weighted by molar-refractivity contribution is 14.1. The van der Waals surface area contributed by atoms with Gasteiger partial charge in [0.15, 0.2) is 9.84 Å². The third-order valence-corrected chi connectivity index (χ3v) is 6.58. The van der Waals surface area contributed by atoms with Gasteiger partial charge in [0.2, 0.25) is 0 Å². The Morgan fingerprint density at radius 1 is 0.833 bits per heavy atom. The van der Waals surface area contributed by atoms with E-state index in [-0.39, 0.29) is 5.41 Å². The van der Waals surface area contributed by atoms with Crippen molar-refractivity contribution in [3.63, 3.8) is 0 Å². The fraction of sp³-hybridized carbons (Fsp3) is 0.200. The Kier molecular flexibility index (Phi) is 3.73. The molecule has 0 heterocycles. The van der Waals surface area contributed by atoms with E-state index in [2.05, 4.69) is 59.0 Å². The molecule has 0 aromatic heterocycles. The number of allylic oxidation sites excluding steroid dienone is 4. The largest absolute Gasteiger partial charge is 0.224 e. The molecule has 2 aromatic rings. The molecule has 1 spiro atoms. The lowest BCUT2D eigenvalue weighted by atomic mass is 9.95. The van der Waals surface area contributed by atoms with Crippen molar-refractivity contribution in [2.24, 2.45) is 5.41 Å². The molecular weight excluding hydrogens is 431 g/mol. The van der Waals surface area contributed by atoms with Crippen LogP contribution in [0.3, 0.4) is 0 Å². The average molecular weight is 448 g/mol. The first kappa shape index (κ1) is 16.1. The van der Waals surface area contributed by atoms with E-state index < -0.39 is 9.84 Å². The first-order chi connectivity index (χ1) is 11.4. The lowest BCUT2D eigenvalue weighted by Crippen LogP contribution is -1.97. The topological polar surface area (TPSA) is 34.1 Å². The zero-order chi connectivity index (χ0) is 16.9. The lowest BCUT2D eigenvalue weighted by Gasteiger charge is -2.10. The number of sulfone groups is 1. The van der Waals surface area contributed by atoms with Crippen LogP contribution < -0.4 is 0 Å². The van der Waals surface area contributed by atoms with Crippen molar-refractivity contribution in [3.8, 4) is 0 Å². The third-order valence-electron chi connectivity index (χ3n) is 4.73. The summed E-state index contributed by atoms with van der Waals surface area (Å²) in [7, 11) is -3.16. The summed E-state index contributed by atoms with van der Waals surface area (Å²) < 4.78 is 24.6. The van der Waals surface area contributed by atoms with Gasteiger partial charge in [-0.3, -0.25) is 0 Å². The molecule has 0 N–H and O–H groups in total. The molecule has 0 atom stereocenters. The van der Waals surface area contributed by atoms with Crippen molar-refractivity contribution in [2.45, 2.75) is 17.7 Å². The van der Waals surface area contributed by atoms with Crippen molar-refractivity contribution in [1.29, 1.82) is 0 Å². The molecule has 1 fully saturated rings. The van der Waals surface area contributed by atoms with Crippen molar-refractivity contribution in [2.75, 3.05) is 6.26 Å². The zero-order valence-corrected chi connectivity index (χ0v) is 16.3. The van der Waals surface area contributed by atoms with Gasteiger partial charge in [-0.15, -0.1) is 0 Å².